The van der Waals surface area contributed by atoms with Gasteiger partial charge in [0, 0.05) is 23.5 Å². The minimum Gasteiger partial charge on any atom is -0.264 e. The molecule has 0 aliphatic heterocycles. The van der Waals surface area contributed by atoms with Gasteiger partial charge in [-0.15, -0.1) is 0 Å². The minimum atomic E-state index is 1.06. The average molecular weight is 203 g/mol. The number of benzene rings is 1. The first-order chi connectivity index (χ1) is 6.92. The molecule has 0 N–H and O–H groups in total. The van der Waals surface area contributed by atoms with Gasteiger partial charge in [-0.05, 0) is 16.7 Å². The lowest BCUT2D eigenvalue weighted by Crippen LogP contribution is -1.86. The molecule has 0 amide bonds. The summed E-state index contributed by atoms with van der Waals surface area (Å²) >= 11 is 1.94. The van der Waals surface area contributed by atoms with E-state index in [0.717, 1.165) is 11.5 Å². The van der Waals surface area contributed by atoms with Crippen LogP contribution in [0.4, 0.5) is 0 Å². The Labute approximate surface area is 88.6 Å². The van der Waals surface area contributed by atoms with Gasteiger partial charge in [-0.2, -0.15) is 11.8 Å². The van der Waals surface area contributed by atoms with Crippen LogP contribution in [0.2, 0.25) is 0 Å². The third-order valence-electron chi connectivity index (χ3n) is 2.21. The number of rotatable bonds is 3. The van der Waals surface area contributed by atoms with Crippen molar-refractivity contribution in [2.24, 2.45) is 0 Å². The molecule has 0 atom stereocenters. The van der Waals surface area contributed by atoms with E-state index in [1.54, 1.807) is 0 Å². The fourth-order valence-electron chi connectivity index (χ4n) is 1.51. The van der Waals surface area contributed by atoms with Crippen LogP contribution in [0.15, 0.2) is 36.7 Å². The molecule has 0 fully saturated rings. The number of fused-ring (bicyclic) bond motifs is 1. The zero-order valence-electron chi connectivity index (χ0n) is 8.23. The van der Waals surface area contributed by atoms with Crippen molar-refractivity contribution in [3.05, 3.63) is 42.2 Å². The summed E-state index contributed by atoms with van der Waals surface area (Å²) in [6.07, 6.45) is 3.90. The maximum absolute atomic E-state index is 4.25. The Morgan fingerprint density at radius 3 is 2.93 bits per heavy atom. The van der Waals surface area contributed by atoms with Gasteiger partial charge in [0.25, 0.3) is 0 Å². The van der Waals surface area contributed by atoms with E-state index in [1.165, 1.54) is 16.3 Å². The molecular weight excluding hydrogens is 190 g/mol. The van der Waals surface area contributed by atoms with Crippen molar-refractivity contribution in [3.63, 3.8) is 0 Å². The van der Waals surface area contributed by atoms with E-state index in [-0.39, 0.29) is 0 Å². The summed E-state index contributed by atoms with van der Waals surface area (Å²) in [5.74, 6) is 2.22. The summed E-state index contributed by atoms with van der Waals surface area (Å²) < 4.78 is 0. The van der Waals surface area contributed by atoms with Crippen LogP contribution in [0, 0.1) is 0 Å². The van der Waals surface area contributed by atoms with Gasteiger partial charge in [-0.25, -0.2) is 0 Å². The zero-order valence-corrected chi connectivity index (χ0v) is 9.05. The van der Waals surface area contributed by atoms with Crippen LogP contribution in [0.3, 0.4) is 0 Å². The average Bonchev–Trinajstić information content (AvgIpc) is 2.26. The molecule has 14 heavy (non-hydrogen) atoms. The highest BCUT2D eigenvalue weighted by Gasteiger charge is 1.99. The molecule has 0 radical (unpaired) electrons. The number of pyridine rings is 1. The molecular formula is C12H13NS. The molecule has 1 aromatic carbocycles. The van der Waals surface area contributed by atoms with Crippen molar-refractivity contribution < 1.29 is 0 Å². The molecule has 2 rings (SSSR count). The highest BCUT2D eigenvalue weighted by atomic mass is 32.2. The highest BCUT2D eigenvalue weighted by Crippen LogP contribution is 2.21. The van der Waals surface area contributed by atoms with Crippen molar-refractivity contribution in [3.8, 4) is 0 Å². The zero-order chi connectivity index (χ0) is 9.80. The van der Waals surface area contributed by atoms with Crippen LogP contribution in [0.25, 0.3) is 10.8 Å². The summed E-state index contributed by atoms with van der Waals surface area (Å²) in [4.78, 5) is 4.25. The number of thioether (sulfide) groups is 1. The Kier molecular flexibility index (Phi) is 3.04. The van der Waals surface area contributed by atoms with E-state index in [1.807, 2.05) is 24.2 Å². The van der Waals surface area contributed by atoms with E-state index in [9.17, 15) is 0 Å². The van der Waals surface area contributed by atoms with Gasteiger partial charge in [-0.3, -0.25) is 4.98 Å². The van der Waals surface area contributed by atoms with Crippen molar-refractivity contribution in [2.45, 2.75) is 12.7 Å². The first-order valence-electron chi connectivity index (χ1n) is 4.81. The Morgan fingerprint density at radius 2 is 2.07 bits per heavy atom. The van der Waals surface area contributed by atoms with E-state index >= 15 is 0 Å². The van der Waals surface area contributed by atoms with Gasteiger partial charge < -0.3 is 0 Å². The van der Waals surface area contributed by atoms with Crippen LogP contribution in [0.1, 0.15) is 12.5 Å². The Bertz CT molecular complexity index is 420. The van der Waals surface area contributed by atoms with Crippen molar-refractivity contribution in [2.75, 3.05) is 5.75 Å². The summed E-state index contributed by atoms with van der Waals surface area (Å²) in [5, 5.41) is 2.57. The lowest BCUT2D eigenvalue weighted by molar-refractivity contribution is 1.29. The summed E-state index contributed by atoms with van der Waals surface area (Å²) in [6.45, 7) is 2.18. The molecule has 0 saturated heterocycles. The Morgan fingerprint density at radius 1 is 1.21 bits per heavy atom. The molecule has 0 aliphatic carbocycles. The largest absolute Gasteiger partial charge is 0.264 e. The molecule has 2 aromatic rings. The minimum absolute atomic E-state index is 1.06. The van der Waals surface area contributed by atoms with Gasteiger partial charge in [0.15, 0.2) is 0 Å². The van der Waals surface area contributed by atoms with Gasteiger partial charge in [0.05, 0.1) is 0 Å². The molecule has 1 heterocycles. The normalized spacial score (nSPS) is 10.6. The summed E-state index contributed by atoms with van der Waals surface area (Å²) in [6, 6.07) is 8.42. The SMILES string of the molecule is CCSCc1cncc2ccccc12. The van der Waals surface area contributed by atoms with Crippen LogP contribution >= 0.6 is 11.8 Å². The topological polar surface area (TPSA) is 12.9 Å². The standard InChI is InChI=1S/C12H13NS/c1-2-14-9-11-8-13-7-10-5-3-4-6-12(10)11/h3-8H,2,9H2,1H3. The maximum atomic E-state index is 4.25. The lowest BCUT2D eigenvalue weighted by Gasteiger charge is -2.04. The Hall–Kier alpha value is -1.02. The van der Waals surface area contributed by atoms with E-state index in [2.05, 4.69) is 36.2 Å². The van der Waals surface area contributed by atoms with Crippen LogP contribution < -0.4 is 0 Å². The highest BCUT2D eigenvalue weighted by molar-refractivity contribution is 7.98. The molecule has 0 bridgehead atoms. The van der Waals surface area contributed by atoms with Crippen LogP contribution in [-0.4, -0.2) is 10.7 Å². The fourth-order valence-corrected chi connectivity index (χ4v) is 2.16. The van der Waals surface area contributed by atoms with Gasteiger partial charge in [0.1, 0.15) is 0 Å². The number of hydrogen-bond donors (Lipinski definition) is 0. The predicted molar refractivity (Wildman–Crippen MR) is 63.6 cm³/mol. The second kappa shape index (κ2) is 4.47. The first kappa shape index (κ1) is 9.53. The van der Waals surface area contributed by atoms with Gasteiger partial charge >= 0.3 is 0 Å². The van der Waals surface area contributed by atoms with Crippen LogP contribution in [-0.2, 0) is 5.75 Å². The molecule has 1 aromatic heterocycles. The fraction of sp³-hybridized carbons (Fsp3) is 0.250. The predicted octanol–water partition coefficient (Wildman–Crippen LogP) is 3.49. The Balaban J connectivity index is 2.43. The van der Waals surface area contributed by atoms with Crippen molar-refractivity contribution >= 4 is 22.5 Å². The smallest absolute Gasteiger partial charge is 0.0346 e. The first-order valence-corrected chi connectivity index (χ1v) is 5.96. The third-order valence-corrected chi connectivity index (χ3v) is 3.14. The molecule has 0 aliphatic rings. The maximum Gasteiger partial charge on any atom is 0.0346 e. The number of nitrogens with zero attached hydrogens (tertiary/aromatic N) is 1. The van der Waals surface area contributed by atoms with E-state index < -0.39 is 0 Å². The molecule has 1 nitrogen and oxygen atoms in total. The molecule has 2 heteroatoms. The third kappa shape index (κ3) is 1.90. The van der Waals surface area contributed by atoms with E-state index in [4.69, 9.17) is 0 Å². The number of hydrogen-bond acceptors (Lipinski definition) is 2. The summed E-state index contributed by atoms with van der Waals surface area (Å²) in [7, 11) is 0. The molecule has 0 spiro atoms. The van der Waals surface area contributed by atoms with Crippen molar-refractivity contribution in [1.82, 2.24) is 4.98 Å². The van der Waals surface area contributed by atoms with Gasteiger partial charge in [-0.1, -0.05) is 31.2 Å². The lowest BCUT2D eigenvalue weighted by atomic mass is 10.1. The number of aromatic nitrogens is 1. The molecule has 0 unspecified atom stereocenters. The van der Waals surface area contributed by atoms with E-state index in [0.29, 0.717) is 0 Å². The van der Waals surface area contributed by atoms with Gasteiger partial charge in [0.2, 0.25) is 0 Å². The molecule has 72 valence electrons. The second-order valence-electron chi connectivity index (χ2n) is 3.16. The quantitative estimate of drug-likeness (QED) is 0.757. The monoisotopic (exact) mass is 203 g/mol. The summed E-state index contributed by atoms with van der Waals surface area (Å²) in [5.41, 5.74) is 1.34. The molecule has 0 saturated carbocycles. The van der Waals surface area contributed by atoms with Crippen molar-refractivity contribution in [1.29, 1.82) is 0 Å². The van der Waals surface area contributed by atoms with Crippen LogP contribution in [0.5, 0.6) is 0 Å². The second-order valence-corrected chi connectivity index (χ2v) is 4.43.